The van der Waals surface area contributed by atoms with Crippen LogP contribution in [0.3, 0.4) is 0 Å². The lowest BCUT2D eigenvalue weighted by molar-refractivity contribution is -0.148. The highest BCUT2D eigenvalue weighted by atomic mass is 16.5. The summed E-state index contributed by atoms with van der Waals surface area (Å²) in [5.74, 6) is -1.89. The van der Waals surface area contributed by atoms with Gasteiger partial charge in [0.05, 0.1) is 12.5 Å². The molecular formula is C19H19N3O5. The Labute approximate surface area is 155 Å². The summed E-state index contributed by atoms with van der Waals surface area (Å²) in [5, 5.41) is 4.58. The van der Waals surface area contributed by atoms with Gasteiger partial charge in [-0.3, -0.25) is 19.7 Å². The van der Waals surface area contributed by atoms with Crippen LogP contribution in [0.5, 0.6) is 0 Å². The molecule has 27 heavy (non-hydrogen) atoms. The van der Waals surface area contributed by atoms with Crippen molar-refractivity contribution in [3.05, 3.63) is 71.8 Å². The fraction of sp³-hybridized carbons (Fsp3) is 0.158. The number of hydrogen-bond donors (Lipinski definition) is 3. The molecule has 0 fully saturated rings. The summed E-state index contributed by atoms with van der Waals surface area (Å²) in [6, 6.07) is 15.8. The molecule has 0 saturated carbocycles. The van der Waals surface area contributed by atoms with Crippen molar-refractivity contribution >= 4 is 23.8 Å². The lowest BCUT2D eigenvalue weighted by atomic mass is 10.0. The third-order valence-corrected chi connectivity index (χ3v) is 3.54. The molecule has 0 unspecified atom stereocenters. The highest BCUT2D eigenvalue weighted by Gasteiger charge is 2.20. The van der Waals surface area contributed by atoms with Crippen LogP contribution in [0.4, 0.5) is 4.79 Å². The second kappa shape index (κ2) is 9.71. The molecule has 0 aliphatic heterocycles. The van der Waals surface area contributed by atoms with Crippen LogP contribution in [0.2, 0.25) is 0 Å². The Bertz CT molecular complexity index is 809. The summed E-state index contributed by atoms with van der Waals surface area (Å²) >= 11 is 0. The highest BCUT2D eigenvalue weighted by Crippen LogP contribution is 2.18. The zero-order valence-electron chi connectivity index (χ0n) is 14.4. The van der Waals surface area contributed by atoms with E-state index in [0.717, 1.165) is 0 Å². The standard InChI is InChI=1S/C19H19N3O5/c20-19(26)22-16(23)12-27-17(24)11-15(13-7-3-1-4-8-13)21-18(25)14-9-5-2-6-10-14/h1-10,15H,11-12H2,(H,21,25)(H3,20,22,23,26)/t15-/m1/s1. The van der Waals surface area contributed by atoms with Gasteiger partial charge in [0, 0.05) is 5.56 Å². The van der Waals surface area contributed by atoms with Crippen molar-refractivity contribution in [1.82, 2.24) is 10.6 Å². The monoisotopic (exact) mass is 369 g/mol. The summed E-state index contributed by atoms with van der Waals surface area (Å²) in [6.07, 6.45) is -0.188. The van der Waals surface area contributed by atoms with Crippen molar-refractivity contribution in [2.75, 3.05) is 6.61 Å². The molecule has 1 atom stereocenters. The van der Waals surface area contributed by atoms with Gasteiger partial charge in [0.2, 0.25) is 0 Å². The number of nitrogens with two attached hydrogens (primary N) is 1. The summed E-state index contributed by atoms with van der Waals surface area (Å²) in [7, 11) is 0. The molecule has 4 N–H and O–H groups in total. The molecule has 0 bridgehead atoms. The van der Waals surface area contributed by atoms with Gasteiger partial charge in [-0.25, -0.2) is 4.79 Å². The molecule has 0 saturated heterocycles. The van der Waals surface area contributed by atoms with Crippen LogP contribution < -0.4 is 16.4 Å². The predicted octanol–water partition coefficient (Wildman–Crippen LogP) is 1.29. The lowest BCUT2D eigenvalue weighted by Crippen LogP contribution is -2.38. The van der Waals surface area contributed by atoms with Crippen molar-refractivity contribution in [3.63, 3.8) is 0 Å². The van der Waals surface area contributed by atoms with Crippen LogP contribution >= 0.6 is 0 Å². The zero-order valence-corrected chi connectivity index (χ0v) is 14.4. The van der Waals surface area contributed by atoms with E-state index in [1.807, 2.05) is 6.07 Å². The van der Waals surface area contributed by atoms with E-state index < -0.39 is 30.6 Å². The second-order valence-corrected chi connectivity index (χ2v) is 5.58. The molecular weight excluding hydrogens is 350 g/mol. The van der Waals surface area contributed by atoms with Crippen LogP contribution in [-0.4, -0.2) is 30.4 Å². The van der Waals surface area contributed by atoms with Crippen LogP contribution in [0.15, 0.2) is 60.7 Å². The Morgan fingerprint density at radius 3 is 2.11 bits per heavy atom. The minimum Gasteiger partial charge on any atom is -0.455 e. The van der Waals surface area contributed by atoms with Crippen molar-refractivity contribution in [2.24, 2.45) is 5.73 Å². The molecule has 0 aromatic heterocycles. The Hall–Kier alpha value is -3.68. The highest BCUT2D eigenvalue weighted by molar-refractivity contribution is 5.95. The number of urea groups is 1. The molecule has 8 nitrogen and oxygen atoms in total. The topological polar surface area (TPSA) is 128 Å². The number of hydrogen-bond acceptors (Lipinski definition) is 5. The number of carbonyl (C=O) groups excluding carboxylic acids is 4. The average Bonchev–Trinajstić information content (AvgIpc) is 2.66. The van der Waals surface area contributed by atoms with Crippen LogP contribution in [0.1, 0.15) is 28.4 Å². The number of primary amides is 1. The van der Waals surface area contributed by atoms with E-state index in [1.54, 1.807) is 59.9 Å². The first kappa shape index (κ1) is 19.6. The minimum atomic E-state index is -1.03. The molecule has 2 rings (SSSR count). The zero-order chi connectivity index (χ0) is 19.6. The minimum absolute atomic E-state index is 0.188. The average molecular weight is 369 g/mol. The number of carbonyl (C=O) groups is 4. The maximum absolute atomic E-state index is 12.4. The molecule has 2 aromatic rings. The van der Waals surface area contributed by atoms with Gasteiger partial charge in [0.15, 0.2) is 6.61 Å². The largest absolute Gasteiger partial charge is 0.455 e. The summed E-state index contributed by atoms with van der Waals surface area (Å²) in [5.41, 5.74) is 5.97. The maximum Gasteiger partial charge on any atom is 0.318 e. The molecule has 0 heterocycles. The van der Waals surface area contributed by atoms with Crippen molar-refractivity contribution in [2.45, 2.75) is 12.5 Å². The number of ether oxygens (including phenoxy) is 1. The molecule has 2 aromatic carbocycles. The number of rotatable bonds is 7. The Balaban J connectivity index is 2.03. The molecule has 4 amide bonds. The molecule has 0 aliphatic rings. The third-order valence-electron chi connectivity index (χ3n) is 3.54. The predicted molar refractivity (Wildman–Crippen MR) is 96.4 cm³/mol. The smallest absolute Gasteiger partial charge is 0.318 e. The number of imide groups is 1. The quantitative estimate of drug-likeness (QED) is 0.634. The fourth-order valence-corrected chi connectivity index (χ4v) is 2.31. The molecule has 0 spiro atoms. The Morgan fingerprint density at radius 1 is 0.926 bits per heavy atom. The lowest BCUT2D eigenvalue weighted by Gasteiger charge is -2.18. The van der Waals surface area contributed by atoms with Crippen LogP contribution in [0.25, 0.3) is 0 Å². The van der Waals surface area contributed by atoms with E-state index in [-0.39, 0.29) is 12.3 Å². The number of benzene rings is 2. The van der Waals surface area contributed by atoms with E-state index in [0.29, 0.717) is 11.1 Å². The third kappa shape index (κ3) is 6.62. The van der Waals surface area contributed by atoms with Crippen LogP contribution in [0, 0.1) is 0 Å². The molecule has 140 valence electrons. The van der Waals surface area contributed by atoms with Crippen molar-refractivity contribution in [3.8, 4) is 0 Å². The van der Waals surface area contributed by atoms with Crippen molar-refractivity contribution in [1.29, 1.82) is 0 Å². The summed E-state index contributed by atoms with van der Waals surface area (Å²) in [6.45, 7) is -0.643. The van der Waals surface area contributed by atoms with E-state index >= 15 is 0 Å². The number of amides is 4. The van der Waals surface area contributed by atoms with Gasteiger partial charge in [0.1, 0.15) is 0 Å². The van der Waals surface area contributed by atoms with Gasteiger partial charge in [-0.2, -0.15) is 0 Å². The number of nitrogens with one attached hydrogen (secondary N) is 2. The van der Waals surface area contributed by atoms with E-state index in [9.17, 15) is 19.2 Å². The summed E-state index contributed by atoms with van der Waals surface area (Å²) < 4.78 is 4.83. The Kier molecular flexibility index (Phi) is 7.07. The van der Waals surface area contributed by atoms with Gasteiger partial charge < -0.3 is 15.8 Å². The number of esters is 1. The normalized spacial score (nSPS) is 11.1. The SMILES string of the molecule is NC(=O)NC(=O)COC(=O)C[C@@H](NC(=O)c1ccccc1)c1ccccc1. The van der Waals surface area contributed by atoms with Crippen LogP contribution in [-0.2, 0) is 14.3 Å². The van der Waals surface area contributed by atoms with Gasteiger partial charge >= 0.3 is 12.0 Å². The van der Waals surface area contributed by atoms with Gasteiger partial charge in [0.25, 0.3) is 11.8 Å². The fourth-order valence-electron chi connectivity index (χ4n) is 2.31. The van der Waals surface area contributed by atoms with Gasteiger partial charge in [-0.15, -0.1) is 0 Å². The molecule has 0 radical (unpaired) electrons. The van der Waals surface area contributed by atoms with Gasteiger partial charge in [-0.05, 0) is 17.7 Å². The molecule has 8 heteroatoms. The van der Waals surface area contributed by atoms with Crippen molar-refractivity contribution < 1.29 is 23.9 Å². The first-order valence-corrected chi connectivity index (χ1v) is 8.11. The second-order valence-electron chi connectivity index (χ2n) is 5.58. The van der Waals surface area contributed by atoms with E-state index in [4.69, 9.17) is 10.5 Å². The van der Waals surface area contributed by atoms with Gasteiger partial charge in [-0.1, -0.05) is 48.5 Å². The first-order valence-electron chi connectivity index (χ1n) is 8.11. The van der Waals surface area contributed by atoms with E-state index in [2.05, 4.69) is 5.32 Å². The Morgan fingerprint density at radius 2 is 1.52 bits per heavy atom. The van der Waals surface area contributed by atoms with E-state index in [1.165, 1.54) is 0 Å². The molecule has 0 aliphatic carbocycles. The maximum atomic E-state index is 12.4. The summed E-state index contributed by atoms with van der Waals surface area (Å²) in [4.78, 5) is 46.4. The first-order chi connectivity index (χ1) is 13.0.